The minimum absolute atomic E-state index is 0.00119. The first-order valence-electron chi connectivity index (χ1n) is 7.69. The quantitative estimate of drug-likeness (QED) is 0.353. The second-order valence-corrected chi connectivity index (χ2v) is 5.87. The molecule has 3 aromatic carbocycles. The van der Waals surface area contributed by atoms with Crippen LogP contribution in [0.25, 0.3) is 33.2 Å². The molecule has 0 spiro atoms. The Labute approximate surface area is 143 Å². The average Bonchev–Trinajstić information content (AvgIpc) is 3.00. The Morgan fingerprint density at radius 3 is 2.12 bits per heavy atom. The molecular weight excluding hydrogens is 318 g/mol. The lowest BCUT2D eigenvalue weighted by molar-refractivity contribution is 0.404. The summed E-state index contributed by atoms with van der Waals surface area (Å²) in [7, 11) is 0. The van der Waals surface area contributed by atoms with Crippen LogP contribution in [0.1, 0.15) is 0 Å². The second kappa shape index (κ2) is 5.49. The summed E-state index contributed by atoms with van der Waals surface area (Å²) in [4.78, 5) is 3.18. The van der Waals surface area contributed by atoms with E-state index in [1.165, 1.54) is 24.3 Å². The Kier molecular flexibility index (Phi) is 3.28. The molecule has 5 heteroatoms. The monoisotopic (exact) mass is 333 g/mol. The van der Waals surface area contributed by atoms with Crippen LogP contribution in [0.4, 0.5) is 0 Å². The van der Waals surface area contributed by atoms with E-state index in [-0.39, 0.29) is 23.0 Å². The van der Waals surface area contributed by atoms with Crippen molar-refractivity contribution in [2.45, 2.75) is 0 Å². The second-order valence-electron chi connectivity index (χ2n) is 5.87. The highest BCUT2D eigenvalue weighted by molar-refractivity contribution is 5.98. The first-order chi connectivity index (χ1) is 12.0. The van der Waals surface area contributed by atoms with E-state index in [1.54, 1.807) is 12.1 Å². The fourth-order valence-corrected chi connectivity index (χ4v) is 2.98. The lowest BCUT2D eigenvalue weighted by Crippen LogP contribution is -1.81. The summed E-state index contributed by atoms with van der Waals surface area (Å²) in [6.45, 7) is 0. The molecule has 1 heterocycles. The van der Waals surface area contributed by atoms with Gasteiger partial charge in [0, 0.05) is 34.3 Å². The van der Waals surface area contributed by atoms with Gasteiger partial charge in [-0.15, -0.1) is 0 Å². The first kappa shape index (κ1) is 15.0. The van der Waals surface area contributed by atoms with Crippen molar-refractivity contribution >= 4 is 10.9 Å². The number of aromatic hydroxyl groups is 4. The number of aromatic amines is 1. The number of nitrogens with one attached hydrogen (secondary N) is 1. The molecule has 0 amide bonds. The average molecular weight is 333 g/mol. The number of fused-ring (bicyclic) bond motifs is 1. The molecule has 25 heavy (non-hydrogen) atoms. The van der Waals surface area contributed by atoms with Gasteiger partial charge in [-0.2, -0.15) is 0 Å². The van der Waals surface area contributed by atoms with Crippen molar-refractivity contribution in [2.24, 2.45) is 0 Å². The van der Waals surface area contributed by atoms with Gasteiger partial charge in [0.05, 0.1) is 0 Å². The SMILES string of the molecule is Oc1ccc(-c2ccc3[nH]cc(-c4ccc(O)c(O)c4)c3c2)c(O)c1. The molecule has 0 aliphatic heterocycles. The summed E-state index contributed by atoms with van der Waals surface area (Å²) in [5.41, 5.74) is 3.94. The third-order valence-corrected chi connectivity index (χ3v) is 4.26. The molecule has 4 aromatic rings. The van der Waals surface area contributed by atoms with E-state index in [2.05, 4.69) is 4.98 Å². The summed E-state index contributed by atoms with van der Waals surface area (Å²) in [5, 5.41) is 39.7. The number of H-pyrrole nitrogens is 1. The van der Waals surface area contributed by atoms with Crippen LogP contribution in [0.2, 0.25) is 0 Å². The topological polar surface area (TPSA) is 96.7 Å². The van der Waals surface area contributed by atoms with Gasteiger partial charge >= 0.3 is 0 Å². The van der Waals surface area contributed by atoms with Gasteiger partial charge in [0.25, 0.3) is 0 Å². The molecule has 0 unspecified atom stereocenters. The van der Waals surface area contributed by atoms with Crippen LogP contribution in [0.15, 0.2) is 60.8 Å². The molecule has 0 bridgehead atoms. The van der Waals surface area contributed by atoms with E-state index < -0.39 is 0 Å². The summed E-state index contributed by atoms with van der Waals surface area (Å²) in [5.74, 6) is -0.347. The fraction of sp³-hybridized carbons (Fsp3) is 0. The summed E-state index contributed by atoms with van der Waals surface area (Å²) >= 11 is 0. The van der Waals surface area contributed by atoms with Crippen molar-refractivity contribution < 1.29 is 20.4 Å². The lowest BCUT2D eigenvalue weighted by atomic mass is 9.99. The van der Waals surface area contributed by atoms with Crippen molar-refractivity contribution in [3.8, 4) is 45.3 Å². The van der Waals surface area contributed by atoms with Gasteiger partial charge in [0.15, 0.2) is 11.5 Å². The van der Waals surface area contributed by atoms with Gasteiger partial charge in [-0.1, -0.05) is 12.1 Å². The molecule has 124 valence electrons. The standard InChI is InChI=1S/C20H15NO4/c22-13-3-4-14(19(24)9-13)11-1-5-17-15(7-11)16(10-21-17)12-2-6-18(23)20(25)8-12/h1-10,21-25H. The van der Waals surface area contributed by atoms with Crippen LogP contribution >= 0.6 is 0 Å². The number of hydrogen-bond donors (Lipinski definition) is 5. The molecule has 0 atom stereocenters. The maximum Gasteiger partial charge on any atom is 0.158 e. The fourth-order valence-electron chi connectivity index (χ4n) is 2.98. The van der Waals surface area contributed by atoms with Gasteiger partial charge in [-0.25, -0.2) is 0 Å². The molecule has 0 aliphatic rings. The number of rotatable bonds is 2. The molecule has 4 rings (SSSR count). The third-order valence-electron chi connectivity index (χ3n) is 4.26. The van der Waals surface area contributed by atoms with Crippen LogP contribution in [0, 0.1) is 0 Å². The number of aromatic nitrogens is 1. The highest BCUT2D eigenvalue weighted by Gasteiger charge is 2.11. The van der Waals surface area contributed by atoms with Gasteiger partial charge < -0.3 is 25.4 Å². The maximum atomic E-state index is 10.1. The predicted octanol–water partition coefficient (Wildman–Crippen LogP) is 4.32. The van der Waals surface area contributed by atoms with Crippen molar-refractivity contribution in [2.75, 3.05) is 0 Å². The minimum atomic E-state index is -0.181. The van der Waals surface area contributed by atoms with Crippen LogP contribution in [-0.2, 0) is 0 Å². The van der Waals surface area contributed by atoms with Crippen LogP contribution in [-0.4, -0.2) is 25.4 Å². The molecule has 5 N–H and O–H groups in total. The number of phenols is 4. The van der Waals surface area contributed by atoms with E-state index in [1.807, 2.05) is 24.4 Å². The summed E-state index contributed by atoms with van der Waals surface area (Å²) in [6.07, 6.45) is 1.83. The van der Waals surface area contributed by atoms with Gasteiger partial charge in [-0.05, 0) is 47.5 Å². The third kappa shape index (κ3) is 2.52. The maximum absolute atomic E-state index is 10.1. The van der Waals surface area contributed by atoms with Gasteiger partial charge in [-0.3, -0.25) is 0 Å². The number of hydrogen-bond acceptors (Lipinski definition) is 4. The Bertz CT molecular complexity index is 1100. The molecule has 0 aliphatic carbocycles. The molecule has 0 fully saturated rings. The number of phenolic OH excluding ortho intramolecular Hbond substituents is 4. The zero-order chi connectivity index (χ0) is 17.6. The van der Waals surface area contributed by atoms with Gasteiger partial charge in [0.1, 0.15) is 11.5 Å². The van der Waals surface area contributed by atoms with Crippen LogP contribution in [0.3, 0.4) is 0 Å². The highest BCUT2D eigenvalue weighted by Crippen LogP contribution is 2.38. The van der Waals surface area contributed by atoms with E-state index in [0.29, 0.717) is 5.56 Å². The Morgan fingerprint density at radius 1 is 0.600 bits per heavy atom. The zero-order valence-corrected chi connectivity index (χ0v) is 13.1. The molecular formula is C20H15NO4. The van der Waals surface area contributed by atoms with Crippen LogP contribution in [0.5, 0.6) is 23.0 Å². The smallest absolute Gasteiger partial charge is 0.158 e. The Hall–Kier alpha value is -3.60. The predicted molar refractivity (Wildman–Crippen MR) is 95.8 cm³/mol. The summed E-state index contributed by atoms with van der Waals surface area (Å²) in [6, 6.07) is 14.9. The lowest BCUT2D eigenvalue weighted by Gasteiger charge is -2.07. The number of benzene rings is 3. The molecule has 1 aromatic heterocycles. The van der Waals surface area contributed by atoms with E-state index >= 15 is 0 Å². The zero-order valence-electron chi connectivity index (χ0n) is 13.1. The highest BCUT2D eigenvalue weighted by atomic mass is 16.3. The summed E-state index contributed by atoms with van der Waals surface area (Å²) < 4.78 is 0. The first-order valence-corrected chi connectivity index (χ1v) is 7.69. The van der Waals surface area contributed by atoms with Crippen molar-refractivity contribution in [1.82, 2.24) is 4.98 Å². The molecule has 0 saturated heterocycles. The van der Waals surface area contributed by atoms with E-state index in [4.69, 9.17) is 0 Å². The van der Waals surface area contributed by atoms with E-state index in [9.17, 15) is 20.4 Å². The van der Waals surface area contributed by atoms with Crippen molar-refractivity contribution in [1.29, 1.82) is 0 Å². The molecule has 0 saturated carbocycles. The molecule has 5 nitrogen and oxygen atoms in total. The largest absolute Gasteiger partial charge is 0.508 e. The van der Waals surface area contributed by atoms with Crippen molar-refractivity contribution in [3.63, 3.8) is 0 Å². The van der Waals surface area contributed by atoms with E-state index in [0.717, 1.165) is 27.6 Å². The van der Waals surface area contributed by atoms with Gasteiger partial charge in [0.2, 0.25) is 0 Å². The Morgan fingerprint density at radius 2 is 1.36 bits per heavy atom. The Balaban J connectivity index is 1.89. The molecule has 0 radical (unpaired) electrons. The van der Waals surface area contributed by atoms with Crippen LogP contribution < -0.4 is 0 Å². The minimum Gasteiger partial charge on any atom is -0.508 e. The normalized spacial score (nSPS) is 11.0. The van der Waals surface area contributed by atoms with Crippen molar-refractivity contribution in [3.05, 3.63) is 60.8 Å².